The number of hydrogen-bond acceptors (Lipinski definition) is 4. The summed E-state index contributed by atoms with van der Waals surface area (Å²) in [5, 5.41) is 5.72. The van der Waals surface area contributed by atoms with E-state index < -0.39 is 5.60 Å². The van der Waals surface area contributed by atoms with Crippen LogP contribution in [0.4, 0.5) is 10.5 Å². The molecule has 0 aliphatic carbocycles. The Morgan fingerprint density at radius 3 is 2.65 bits per heavy atom. The zero-order valence-electron chi connectivity index (χ0n) is 14.0. The lowest BCUT2D eigenvalue weighted by atomic mass is 10.1. The second-order valence-corrected chi connectivity index (χ2v) is 7.13. The fraction of sp³-hybridized carbons (Fsp3) is 0.529. The standard InChI is InChI=1S/C17H24N4O2/c1-17(2,3)23-16(22)20-8-6-14(7-9-20)21-11-12-4-5-13(18)10-15(12)19-21/h4-5,10-11,14H,6-9,18H2,1-3H3. The van der Waals surface area contributed by atoms with Gasteiger partial charge in [0.05, 0.1) is 11.6 Å². The molecule has 1 amide bonds. The second kappa shape index (κ2) is 5.76. The van der Waals surface area contributed by atoms with Crippen LogP contribution in [0.3, 0.4) is 0 Å². The van der Waals surface area contributed by atoms with Crippen LogP contribution in [-0.2, 0) is 4.74 Å². The Hall–Kier alpha value is -2.24. The molecule has 1 aliphatic rings. The zero-order valence-corrected chi connectivity index (χ0v) is 14.0. The number of carbonyl (C=O) groups is 1. The third-order valence-corrected chi connectivity index (χ3v) is 4.04. The molecular formula is C17H24N4O2. The van der Waals surface area contributed by atoms with E-state index >= 15 is 0 Å². The first-order valence-corrected chi connectivity index (χ1v) is 8.04. The molecule has 0 atom stereocenters. The Balaban J connectivity index is 1.65. The summed E-state index contributed by atoms with van der Waals surface area (Å²) >= 11 is 0. The van der Waals surface area contributed by atoms with Crippen molar-refractivity contribution < 1.29 is 9.53 Å². The Morgan fingerprint density at radius 2 is 2.00 bits per heavy atom. The first-order valence-electron chi connectivity index (χ1n) is 8.04. The van der Waals surface area contributed by atoms with Gasteiger partial charge in [-0.15, -0.1) is 0 Å². The number of ether oxygens (including phenoxy) is 1. The van der Waals surface area contributed by atoms with Crippen molar-refractivity contribution in [3.8, 4) is 0 Å². The smallest absolute Gasteiger partial charge is 0.410 e. The van der Waals surface area contributed by atoms with Crippen molar-refractivity contribution >= 4 is 22.7 Å². The molecule has 0 unspecified atom stereocenters. The highest BCUT2D eigenvalue weighted by Crippen LogP contribution is 2.26. The number of nitrogens with two attached hydrogens (primary N) is 1. The third-order valence-electron chi connectivity index (χ3n) is 4.04. The van der Waals surface area contributed by atoms with E-state index in [1.165, 1.54) is 0 Å². The number of aromatic nitrogens is 2. The largest absolute Gasteiger partial charge is 0.444 e. The number of nitrogens with zero attached hydrogens (tertiary/aromatic N) is 3. The van der Waals surface area contributed by atoms with Gasteiger partial charge in [-0.05, 0) is 51.8 Å². The Kier molecular flexibility index (Phi) is 3.92. The van der Waals surface area contributed by atoms with Crippen molar-refractivity contribution in [2.24, 2.45) is 0 Å². The number of fused-ring (bicyclic) bond motifs is 1. The fourth-order valence-corrected chi connectivity index (χ4v) is 2.88. The molecule has 0 bridgehead atoms. The van der Waals surface area contributed by atoms with E-state index in [0.29, 0.717) is 19.1 Å². The van der Waals surface area contributed by atoms with E-state index in [1.807, 2.05) is 43.7 Å². The van der Waals surface area contributed by atoms with Crippen LogP contribution in [0, 0.1) is 0 Å². The molecule has 6 nitrogen and oxygen atoms in total. The van der Waals surface area contributed by atoms with E-state index in [4.69, 9.17) is 10.5 Å². The van der Waals surface area contributed by atoms with Crippen LogP contribution in [0.2, 0.25) is 0 Å². The molecule has 0 saturated carbocycles. The normalized spacial score (nSPS) is 16.7. The molecule has 1 aromatic heterocycles. The monoisotopic (exact) mass is 316 g/mol. The number of hydrogen-bond donors (Lipinski definition) is 1. The van der Waals surface area contributed by atoms with Crippen molar-refractivity contribution in [2.45, 2.75) is 45.3 Å². The molecule has 1 aromatic carbocycles. The van der Waals surface area contributed by atoms with E-state index in [0.717, 1.165) is 29.4 Å². The fourth-order valence-electron chi connectivity index (χ4n) is 2.88. The second-order valence-electron chi connectivity index (χ2n) is 7.13. The highest BCUT2D eigenvalue weighted by molar-refractivity contribution is 5.81. The number of nitrogen functional groups attached to an aromatic ring is 1. The summed E-state index contributed by atoms with van der Waals surface area (Å²) < 4.78 is 7.44. The Labute approximate surface area is 136 Å². The number of rotatable bonds is 1. The van der Waals surface area contributed by atoms with Crippen molar-refractivity contribution in [1.29, 1.82) is 0 Å². The maximum Gasteiger partial charge on any atom is 0.410 e. The molecule has 2 aromatic rings. The average Bonchev–Trinajstić information content (AvgIpc) is 2.88. The number of likely N-dealkylation sites (tertiary alicyclic amines) is 1. The summed E-state index contributed by atoms with van der Waals surface area (Å²) in [5.74, 6) is 0. The molecule has 3 rings (SSSR count). The van der Waals surface area contributed by atoms with Crippen LogP contribution >= 0.6 is 0 Å². The lowest BCUT2D eigenvalue weighted by Gasteiger charge is -2.33. The SMILES string of the molecule is CC(C)(C)OC(=O)N1CCC(n2cc3ccc(N)cc3n2)CC1. The minimum Gasteiger partial charge on any atom is -0.444 e. The first-order chi connectivity index (χ1) is 10.8. The summed E-state index contributed by atoms with van der Waals surface area (Å²) in [5.41, 5.74) is 7.00. The molecule has 0 radical (unpaired) electrons. The number of benzene rings is 1. The number of amides is 1. The van der Waals surface area contributed by atoms with Gasteiger partial charge in [-0.2, -0.15) is 5.10 Å². The van der Waals surface area contributed by atoms with Crippen LogP contribution in [0.1, 0.15) is 39.7 Å². The van der Waals surface area contributed by atoms with Gasteiger partial charge < -0.3 is 15.4 Å². The van der Waals surface area contributed by atoms with Gasteiger partial charge in [-0.1, -0.05) is 0 Å². The highest BCUT2D eigenvalue weighted by atomic mass is 16.6. The van der Waals surface area contributed by atoms with Crippen molar-refractivity contribution in [1.82, 2.24) is 14.7 Å². The lowest BCUT2D eigenvalue weighted by Crippen LogP contribution is -2.42. The Bertz CT molecular complexity index is 709. The lowest BCUT2D eigenvalue weighted by molar-refractivity contribution is 0.0185. The van der Waals surface area contributed by atoms with Gasteiger partial charge in [0.1, 0.15) is 5.60 Å². The number of carbonyl (C=O) groups excluding carboxylic acids is 1. The van der Waals surface area contributed by atoms with Gasteiger partial charge in [0, 0.05) is 30.4 Å². The topological polar surface area (TPSA) is 73.4 Å². The number of piperidine rings is 1. The van der Waals surface area contributed by atoms with Gasteiger partial charge in [0.2, 0.25) is 0 Å². The van der Waals surface area contributed by atoms with Crippen molar-refractivity contribution in [2.75, 3.05) is 18.8 Å². The summed E-state index contributed by atoms with van der Waals surface area (Å²) in [4.78, 5) is 13.9. The first kappa shape index (κ1) is 15.6. The van der Waals surface area contributed by atoms with Crippen molar-refractivity contribution in [3.63, 3.8) is 0 Å². The average molecular weight is 316 g/mol. The highest BCUT2D eigenvalue weighted by Gasteiger charge is 2.27. The maximum atomic E-state index is 12.1. The van der Waals surface area contributed by atoms with Crippen LogP contribution in [0.15, 0.2) is 24.4 Å². The molecular weight excluding hydrogens is 292 g/mol. The minimum absolute atomic E-state index is 0.227. The van der Waals surface area contributed by atoms with Gasteiger partial charge in [-0.25, -0.2) is 4.79 Å². The maximum absolute atomic E-state index is 12.1. The molecule has 1 aliphatic heterocycles. The zero-order chi connectivity index (χ0) is 16.6. The molecule has 23 heavy (non-hydrogen) atoms. The molecule has 6 heteroatoms. The third kappa shape index (κ3) is 3.57. The van der Waals surface area contributed by atoms with Crippen LogP contribution in [0.25, 0.3) is 10.9 Å². The summed E-state index contributed by atoms with van der Waals surface area (Å²) in [6.07, 6.45) is 3.59. The summed E-state index contributed by atoms with van der Waals surface area (Å²) in [6, 6.07) is 6.08. The molecule has 1 saturated heterocycles. The Morgan fingerprint density at radius 1 is 1.30 bits per heavy atom. The van der Waals surface area contributed by atoms with E-state index in [-0.39, 0.29) is 6.09 Å². The quantitative estimate of drug-likeness (QED) is 0.820. The molecule has 1 fully saturated rings. The predicted octanol–water partition coefficient (Wildman–Crippen LogP) is 3.19. The molecule has 2 heterocycles. The van der Waals surface area contributed by atoms with Gasteiger partial charge in [0.25, 0.3) is 0 Å². The summed E-state index contributed by atoms with van der Waals surface area (Å²) in [7, 11) is 0. The van der Waals surface area contributed by atoms with E-state index in [2.05, 4.69) is 11.3 Å². The minimum atomic E-state index is -0.451. The molecule has 124 valence electrons. The van der Waals surface area contributed by atoms with Gasteiger partial charge in [-0.3, -0.25) is 4.68 Å². The van der Waals surface area contributed by atoms with Crippen LogP contribution < -0.4 is 5.73 Å². The van der Waals surface area contributed by atoms with E-state index in [1.54, 1.807) is 4.90 Å². The predicted molar refractivity (Wildman–Crippen MR) is 90.2 cm³/mol. The molecule has 0 spiro atoms. The number of anilines is 1. The van der Waals surface area contributed by atoms with Gasteiger partial charge in [0.15, 0.2) is 0 Å². The summed E-state index contributed by atoms with van der Waals surface area (Å²) in [6.45, 7) is 7.05. The van der Waals surface area contributed by atoms with Crippen LogP contribution in [-0.4, -0.2) is 39.5 Å². The van der Waals surface area contributed by atoms with Crippen LogP contribution in [0.5, 0.6) is 0 Å². The molecule has 2 N–H and O–H groups in total. The van der Waals surface area contributed by atoms with E-state index in [9.17, 15) is 4.79 Å². The van der Waals surface area contributed by atoms with Crippen molar-refractivity contribution in [3.05, 3.63) is 24.4 Å². The van der Waals surface area contributed by atoms with Gasteiger partial charge >= 0.3 is 6.09 Å².